The van der Waals surface area contributed by atoms with Crippen molar-refractivity contribution in [3.8, 4) is 5.75 Å². The molecular formula is C28H29N5O5. The smallest absolute Gasteiger partial charge is 0.418 e. The van der Waals surface area contributed by atoms with Gasteiger partial charge in [-0.3, -0.25) is 9.59 Å². The molecule has 6 rings (SSSR count). The van der Waals surface area contributed by atoms with E-state index in [4.69, 9.17) is 9.47 Å². The number of rotatable bonds is 9. The Morgan fingerprint density at radius 2 is 2.05 bits per heavy atom. The van der Waals surface area contributed by atoms with Crippen LogP contribution in [-0.2, 0) is 39.5 Å². The zero-order valence-corrected chi connectivity index (χ0v) is 21.1. The molecule has 1 saturated heterocycles. The van der Waals surface area contributed by atoms with Crippen LogP contribution in [0.4, 0.5) is 4.79 Å². The van der Waals surface area contributed by atoms with Crippen molar-refractivity contribution in [1.82, 2.24) is 25.2 Å². The molecule has 38 heavy (non-hydrogen) atoms. The number of carbonyl (C=O) groups is 3. The predicted octanol–water partition coefficient (Wildman–Crippen LogP) is 3.33. The molecule has 2 atom stereocenters. The molecule has 1 aliphatic heterocycles. The quantitative estimate of drug-likeness (QED) is 0.464. The first kappa shape index (κ1) is 24.1. The number of fused-ring (bicyclic) bond motifs is 2. The lowest BCUT2D eigenvalue weighted by Crippen LogP contribution is -2.47. The van der Waals surface area contributed by atoms with Gasteiger partial charge in [0.15, 0.2) is 0 Å². The second kappa shape index (κ2) is 9.59. The fraction of sp³-hybridized carbons (Fsp3) is 0.393. The van der Waals surface area contributed by atoms with Crippen molar-refractivity contribution in [1.29, 1.82) is 0 Å². The summed E-state index contributed by atoms with van der Waals surface area (Å²) in [6, 6.07) is 15.2. The lowest BCUT2D eigenvalue weighted by atomic mass is 9.95. The number of ether oxygens (including phenoxy) is 2. The van der Waals surface area contributed by atoms with Gasteiger partial charge in [-0.25, -0.2) is 9.69 Å². The number of H-pyrrole nitrogens is 1. The topological polar surface area (TPSA) is 118 Å². The number of hydrogen-bond acceptors (Lipinski definition) is 7. The molecule has 1 spiro atoms. The Kier molecular flexibility index (Phi) is 6.09. The van der Waals surface area contributed by atoms with Crippen molar-refractivity contribution in [2.45, 2.75) is 57.4 Å². The molecule has 3 aliphatic rings. The molecule has 1 saturated carbocycles. The van der Waals surface area contributed by atoms with E-state index in [-0.39, 0.29) is 25.1 Å². The minimum atomic E-state index is -1.40. The molecule has 1 N–H and O–H groups in total. The maximum atomic E-state index is 13.7. The summed E-state index contributed by atoms with van der Waals surface area (Å²) in [5.41, 5.74) is 1.80. The van der Waals surface area contributed by atoms with E-state index >= 15 is 0 Å². The molecule has 196 valence electrons. The molecule has 0 radical (unpaired) electrons. The van der Waals surface area contributed by atoms with Crippen molar-refractivity contribution in [2.75, 3.05) is 6.54 Å². The van der Waals surface area contributed by atoms with Gasteiger partial charge in [0, 0.05) is 24.6 Å². The molecule has 10 nitrogen and oxygen atoms in total. The predicted molar refractivity (Wildman–Crippen MR) is 135 cm³/mol. The average Bonchev–Trinajstić information content (AvgIpc) is 3.45. The number of carbonyl (C=O) groups excluding carboxylic acids is 3. The number of aromatic amines is 1. The SMILES string of the molecule is C[C@@H](C1CC1)N(Cc1ccccc1)C(=O)CN1C(=O)OC2(CCc3cc(OCc4cn[nH]n4)ccc32)C1=O. The molecule has 2 aliphatic carbocycles. The van der Waals surface area contributed by atoms with Crippen molar-refractivity contribution in [3.63, 3.8) is 0 Å². The largest absolute Gasteiger partial charge is 0.487 e. The van der Waals surface area contributed by atoms with Gasteiger partial charge >= 0.3 is 6.09 Å². The minimum Gasteiger partial charge on any atom is -0.487 e. The summed E-state index contributed by atoms with van der Waals surface area (Å²) >= 11 is 0. The van der Waals surface area contributed by atoms with Gasteiger partial charge in [-0.05, 0) is 55.4 Å². The van der Waals surface area contributed by atoms with Gasteiger partial charge in [0.05, 0.1) is 6.20 Å². The zero-order valence-electron chi connectivity index (χ0n) is 21.1. The van der Waals surface area contributed by atoms with Gasteiger partial charge in [0.1, 0.15) is 24.6 Å². The summed E-state index contributed by atoms with van der Waals surface area (Å²) in [4.78, 5) is 42.9. The second-order valence-electron chi connectivity index (χ2n) is 10.2. The van der Waals surface area contributed by atoms with E-state index in [1.165, 1.54) is 0 Å². The Balaban J connectivity index is 1.18. The Morgan fingerprint density at radius 1 is 1.24 bits per heavy atom. The van der Waals surface area contributed by atoms with Crippen LogP contribution >= 0.6 is 0 Å². The van der Waals surface area contributed by atoms with Crippen molar-refractivity contribution < 1.29 is 23.9 Å². The van der Waals surface area contributed by atoms with Crippen LogP contribution in [0.1, 0.15) is 48.6 Å². The lowest BCUT2D eigenvalue weighted by Gasteiger charge is -2.30. The van der Waals surface area contributed by atoms with Crippen LogP contribution < -0.4 is 4.74 Å². The third kappa shape index (κ3) is 4.40. The van der Waals surface area contributed by atoms with Crippen LogP contribution in [0.2, 0.25) is 0 Å². The standard InChI is InChI=1S/C28H29N5O5/c1-18(20-7-8-20)32(15-19-5-3-2-4-6-19)25(34)16-33-26(35)28(38-27(33)36)12-11-21-13-23(9-10-24(21)28)37-17-22-14-29-31-30-22/h2-6,9-10,13-14,18,20H,7-8,11-12,15-17H2,1H3,(H,29,30,31)/t18-,28?/m0/s1. The summed E-state index contributed by atoms with van der Waals surface area (Å²) in [5.74, 6) is 0.325. The van der Waals surface area contributed by atoms with E-state index in [1.54, 1.807) is 23.2 Å². The van der Waals surface area contributed by atoms with Crippen LogP contribution in [0.15, 0.2) is 54.7 Å². The maximum Gasteiger partial charge on any atom is 0.418 e. The van der Waals surface area contributed by atoms with Gasteiger partial charge in [-0.2, -0.15) is 15.4 Å². The Morgan fingerprint density at radius 3 is 2.79 bits per heavy atom. The number of nitrogens with one attached hydrogen (secondary N) is 1. The average molecular weight is 516 g/mol. The third-order valence-corrected chi connectivity index (χ3v) is 7.79. The Hall–Kier alpha value is -4.21. The number of amides is 3. The van der Waals surface area contributed by atoms with E-state index in [2.05, 4.69) is 15.4 Å². The van der Waals surface area contributed by atoms with E-state index in [0.29, 0.717) is 42.3 Å². The lowest BCUT2D eigenvalue weighted by molar-refractivity contribution is -0.143. The fourth-order valence-electron chi connectivity index (χ4n) is 5.47. The van der Waals surface area contributed by atoms with Gasteiger partial charge in [0.25, 0.3) is 5.91 Å². The summed E-state index contributed by atoms with van der Waals surface area (Å²) in [6.07, 6.45) is 3.85. The number of imide groups is 1. The van der Waals surface area contributed by atoms with Crippen molar-refractivity contribution in [2.24, 2.45) is 5.92 Å². The molecule has 10 heteroatoms. The van der Waals surface area contributed by atoms with Crippen molar-refractivity contribution >= 4 is 17.9 Å². The molecule has 2 aromatic carbocycles. The van der Waals surface area contributed by atoms with Gasteiger partial charge < -0.3 is 14.4 Å². The molecule has 3 aromatic rings. The van der Waals surface area contributed by atoms with E-state index in [9.17, 15) is 14.4 Å². The molecule has 1 unspecified atom stereocenters. The first-order valence-electron chi connectivity index (χ1n) is 12.9. The van der Waals surface area contributed by atoms with Crippen LogP contribution in [0.25, 0.3) is 0 Å². The number of aromatic nitrogens is 3. The molecular weight excluding hydrogens is 486 g/mol. The highest BCUT2D eigenvalue weighted by Crippen LogP contribution is 2.46. The first-order chi connectivity index (χ1) is 18.4. The van der Waals surface area contributed by atoms with E-state index < -0.39 is 17.6 Å². The summed E-state index contributed by atoms with van der Waals surface area (Å²) in [7, 11) is 0. The number of nitrogens with zero attached hydrogens (tertiary/aromatic N) is 4. The molecule has 2 heterocycles. The normalized spacial score (nSPS) is 20.9. The minimum absolute atomic E-state index is 0.0215. The zero-order chi connectivity index (χ0) is 26.3. The second-order valence-corrected chi connectivity index (χ2v) is 10.2. The summed E-state index contributed by atoms with van der Waals surface area (Å²) < 4.78 is 11.5. The van der Waals surface area contributed by atoms with Crippen molar-refractivity contribution in [3.05, 3.63) is 77.1 Å². The maximum absolute atomic E-state index is 13.7. The molecule has 1 aromatic heterocycles. The molecule has 2 fully saturated rings. The summed E-state index contributed by atoms with van der Waals surface area (Å²) in [6.45, 7) is 2.39. The Bertz CT molecular complexity index is 1360. The van der Waals surface area contributed by atoms with Crippen LogP contribution in [-0.4, -0.2) is 55.7 Å². The van der Waals surface area contributed by atoms with E-state index in [1.807, 2.05) is 43.3 Å². The molecule has 0 bridgehead atoms. The number of aryl methyl sites for hydroxylation is 1. The van der Waals surface area contributed by atoms with Crippen LogP contribution in [0.5, 0.6) is 5.75 Å². The van der Waals surface area contributed by atoms with Gasteiger partial charge in [-0.15, -0.1) is 0 Å². The monoisotopic (exact) mass is 515 g/mol. The molecule has 3 amide bonds. The highest BCUT2D eigenvalue weighted by Gasteiger charge is 2.58. The highest BCUT2D eigenvalue weighted by atomic mass is 16.6. The van der Waals surface area contributed by atoms with Gasteiger partial charge in [-0.1, -0.05) is 36.4 Å². The Labute approximate surface area is 219 Å². The third-order valence-electron chi connectivity index (χ3n) is 7.79. The van der Waals surface area contributed by atoms with Gasteiger partial charge in [0.2, 0.25) is 11.5 Å². The highest BCUT2D eigenvalue weighted by molar-refractivity contribution is 6.06. The first-order valence-corrected chi connectivity index (χ1v) is 12.9. The number of benzene rings is 2. The van der Waals surface area contributed by atoms with Crippen LogP contribution in [0, 0.1) is 5.92 Å². The number of hydrogen-bond donors (Lipinski definition) is 1. The summed E-state index contributed by atoms with van der Waals surface area (Å²) in [5, 5.41) is 10.3. The van der Waals surface area contributed by atoms with Crippen LogP contribution in [0.3, 0.4) is 0 Å². The van der Waals surface area contributed by atoms with E-state index in [0.717, 1.165) is 28.9 Å². The fourth-order valence-corrected chi connectivity index (χ4v) is 5.47.